The van der Waals surface area contributed by atoms with Gasteiger partial charge in [0.25, 0.3) is 0 Å². The number of ether oxygens (including phenoxy) is 2. The van der Waals surface area contributed by atoms with Crippen LogP contribution in [0.1, 0.15) is 57.4 Å². The maximum atomic E-state index is 12.7. The Morgan fingerprint density at radius 1 is 1.09 bits per heavy atom. The van der Waals surface area contributed by atoms with Gasteiger partial charge in [0.1, 0.15) is 35.0 Å². The summed E-state index contributed by atoms with van der Waals surface area (Å²) >= 11 is 0. The number of hydrogen-bond acceptors (Lipinski definition) is 6. The molecular weight excluding hydrogens is 406 g/mol. The number of hydrogen-bond donors (Lipinski definition) is 1. The molecule has 2 aromatic carbocycles. The van der Waals surface area contributed by atoms with Crippen LogP contribution in [0.2, 0.25) is 0 Å². The fourth-order valence-electron chi connectivity index (χ4n) is 4.34. The van der Waals surface area contributed by atoms with E-state index in [1.54, 1.807) is 0 Å². The molecule has 168 valence electrons. The van der Waals surface area contributed by atoms with E-state index in [-0.39, 0.29) is 17.9 Å². The van der Waals surface area contributed by atoms with Crippen LogP contribution >= 0.6 is 0 Å². The van der Waals surface area contributed by atoms with E-state index in [0.717, 1.165) is 43.4 Å². The first-order chi connectivity index (χ1) is 15.6. The molecule has 0 bridgehead atoms. The summed E-state index contributed by atoms with van der Waals surface area (Å²) in [4.78, 5) is 18.3. The SMILES string of the molecule is CCC/C(=N/OCc1cccc(Oc2ccccc2)c1)C1=C(O)CC2(CCCC2)OC1=O. The van der Waals surface area contributed by atoms with Gasteiger partial charge in [-0.1, -0.05) is 48.8 Å². The molecule has 1 fully saturated rings. The third-order valence-corrected chi connectivity index (χ3v) is 5.87. The van der Waals surface area contributed by atoms with Crippen LogP contribution in [0.4, 0.5) is 0 Å². The minimum atomic E-state index is -0.540. The first-order valence-electron chi connectivity index (χ1n) is 11.2. The highest BCUT2D eigenvalue weighted by Gasteiger charge is 2.44. The number of carbonyl (C=O) groups excluding carboxylic acids is 1. The van der Waals surface area contributed by atoms with Crippen molar-refractivity contribution in [3.05, 3.63) is 71.5 Å². The second-order valence-corrected chi connectivity index (χ2v) is 8.40. The number of carbonyl (C=O) groups is 1. The summed E-state index contributed by atoms with van der Waals surface area (Å²) < 4.78 is 11.6. The largest absolute Gasteiger partial charge is 0.511 e. The van der Waals surface area contributed by atoms with E-state index in [4.69, 9.17) is 14.3 Å². The normalized spacial score (nSPS) is 18.0. The zero-order valence-electron chi connectivity index (χ0n) is 18.4. The van der Waals surface area contributed by atoms with Crippen molar-refractivity contribution in [3.63, 3.8) is 0 Å². The van der Waals surface area contributed by atoms with Crippen molar-refractivity contribution in [2.45, 2.75) is 64.1 Å². The lowest BCUT2D eigenvalue weighted by molar-refractivity contribution is -0.157. The Bertz CT molecular complexity index is 1010. The van der Waals surface area contributed by atoms with E-state index in [1.807, 2.05) is 61.5 Å². The minimum Gasteiger partial charge on any atom is -0.511 e. The van der Waals surface area contributed by atoms with Crippen LogP contribution in [0.3, 0.4) is 0 Å². The van der Waals surface area contributed by atoms with Gasteiger partial charge in [-0.05, 0) is 61.9 Å². The van der Waals surface area contributed by atoms with Gasteiger partial charge in [-0.2, -0.15) is 0 Å². The number of esters is 1. The lowest BCUT2D eigenvalue weighted by atomic mass is 9.90. The molecule has 2 aromatic rings. The minimum absolute atomic E-state index is 0.0669. The number of oxime groups is 1. The van der Waals surface area contributed by atoms with Crippen LogP contribution in [0.25, 0.3) is 0 Å². The van der Waals surface area contributed by atoms with E-state index in [2.05, 4.69) is 5.16 Å². The predicted octanol–water partition coefficient (Wildman–Crippen LogP) is 6.22. The Labute approximate surface area is 188 Å². The topological polar surface area (TPSA) is 77.3 Å². The predicted molar refractivity (Wildman–Crippen MR) is 122 cm³/mol. The van der Waals surface area contributed by atoms with Gasteiger partial charge in [0.05, 0.1) is 5.71 Å². The third kappa shape index (κ3) is 5.13. The Morgan fingerprint density at radius 2 is 1.84 bits per heavy atom. The van der Waals surface area contributed by atoms with Crippen molar-refractivity contribution < 1.29 is 24.2 Å². The molecule has 0 unspecified atom stereocenters. The number of aliphatic hydroxyl groups excluding tert-OH is 1. The van der Waals surface area contributed by atoms with Crippen molar-refractivity contribution in [3.8, 4) is 11.5 Å². The lowest BCUT2D eigenvalue weighted by Gasteiger charge is -2.33. The van der Waals surface area contributed by atoms with Crippen LogP contribution in [0, 0.1) is 0 Å². The molecule has 1 spiro atoms. The van der Waals surface area contributed by atoms with Crippen molar-refractivity contribution in [1.82, 2.24) is 0 Å². The molecule has 1 aliphatic carbocycles. The van der Waals surface area contributed by atoms with Crippen molar-refractivity contribution in [1.29, 1.82) is 0 Å². The zero-order chi connectivity index (χ0) is 22.4. The summed E-state index contributed by atoms with van der Waals surface area (Å²) in [7, 11) is 0. The summed E-state index contributed by atoms with van der Waals surface area (Å²) in [5.41, 5.74) is 0.930. The average Bonchev–Trinajstić information content (AvgIpc) is 3.21. The Balaban J connectivity index is 1.45. The monoisotopic (exact) mass is 435 g/mol. The number of aliphatic hydroxyl groups is 1. The molecule has 0 aromatic heterocycles. The second-order valence-electron chi connectivity index (χ2n) is 8.40. The Kier molecular flexibility index (Phi) is 6.78. The fourth-order valence-corrected chi connectivity index (χ4v) is 4.34. The standard InChI is InChI=1S/C26H29NO5/c1-2-9-22(24-23(28)17-26(32-25(24)29)14-6-7-15-26)27-30-18-19-10-8-13-21(16-19)31-20-11-4-3-5-12-20/h3-5,8,10-13,16,28H,2,6-7,9,14-15,17-18H2,1H3/b27-22-. The van der Waals surface area contributed by atoms with Gasteiger partial charge in [-0.25, -0.2) is 4.79 Å². The number of benzene rings is 2. The fraction of sp³-hybridized carbons (Fsp3) is 0.385. The van der Waals surface area contributed by atoms with Gasteiger partial charge >= 0.3 is 5.97 Å². The smallest absolute Gasteiger partial charge is 0.344 e. The van der Waals surface area contributed by atoms with E-state index in [0.29, 0.717) is 24.3 Å². The maximum Gasteiger partial charge on any atom is 0.344 e. The summed E-state index contributed by atoms with van der Waals surface area (Å²) in [5, 5.41) is 14.9. The molecule has 32 heavy (non-hydrogen) atoms. The van der Waals surface area contributed by atoms with Crippen molar-refractivity contribution in [2.24, 2.45) is 5.16 Å². The van der Waals surface area contributed by atoms with Gasteiger partial charge in [0.2, 0.25) is 0 Å². The molecular formula is C26H29NO5. The number of nitrogens with zero attached hydrogens (tertiary/aromatic N) is 1. The van der Waals surface area contributed by atoms with Crippen LogP contribution in [-0.2, 0) is 21.0 Å². The molecule has 2 aliphatic rings. The lowest BCUT2D eigenvalue weighted by Crippen LogP contribution is -2.39. The number of rotatable bonds is 8. The molecule has 0 saturated heterocycles. The highest BCUT2D eigenvalue weighted by Crippen LogP contribution is 2.42. The summed E-state index contributed by atoms with van der Waals surface area (Å²) in [5.74, 6) is 1.03. The maximum absolute atomic E-state index is 12.7. The summed E-state index contributed by atoms with van der Waals surface area (Å²) in [6, 6.07) is 17.1. The average molecular weight is 436 g/mol. The van der Waals surface area contributed by atoms with Gasteiger partial charge in [0, 0.05) is 6.42 Å². The van der Waals surface area contributed by atoms with Gasteiger partial charge < -0.3 is 19.4 Å². The highest BCUT2D eigenvalue weighted by atomic mass is 16.6. The van der Waals surface area contributed by atoms with Crippen molar-refractivity contribution >= 4 is 11.7 Å². The molecule has 0 atom stereocenters. The molecule has 1 aliphatic heterocycles. The molecule has 0 amide bonds. The van der Waals surface area contributed by atoms with E-state index in [1.165, 1.54) is 0 Å². The first-order valence-corrected chi connectivity index (χ1v) is 11.2. The van der Waals surface area contributed by atoms with Crippen LogP contribution in [0.5, 0.6) is 11.5 Å². The molecule has 1 heterocycles. The molecule has 4 rings (SSSR count). The van der Waals surface area contributed by atoms with E-state index >= 15 is 0 Å². The van der Waals surface area contributed by atoms with Crippen molar-refractivity contribution in [2.75, 3.05) is 0 Å². The molecule has 6 heteroatoms. The molecule has 6 nitrogen and oxygen atoms in total. The molecule has 0 radical (unpaired) electrons. The summed E-state index contributed by atoms with van der Waals surface area (Å²) in [6.07, 6.45) is 5.26. The molecule has 1 saturated carbocycles. The van der Waals surface area contributed by atoms with Crippen LogP contribution < -0.4 is 4.74 Å². The van der Waals surface area contributed by atoms with Crippen LogP contribution in [-0.4, -0.2) is 22.4 Å². The Morgan fingerprint density at radius 3 is 2.56 bits per heavy atom. The van der Waals surface area contributed by atoms with Crippen LogP contribution in [0.15, 0.2) is 71.1 Å². The first kappa shape index (κ1) is 21.9. The molecule has 1 N–H and O–H groups in total. The van der Waals surface area contributed by atoms with Gasteiger partial charge in [-0.15, -0.1) is 0 Å². The third-order valence-electron chi connectivity index (χ3n) is 5.87. The van der Waals surface area contributed by atoms with E-state index in [9.17, 15) is 9.90 Å². The second kappa shape index (κ2) is 9.90. The zero-order valence-corrected chi connectivity index (χ0v) is 18.4. The Hall–Kier alpha value is -3.28. The highest BCUT2D eigenvalue weighted by molar-refractivity contribution is 6.20. The van der Waals surface area contributed by atoms with Gasteiger partial charge in [0.15, 0.2) is 0 Å². The summed E-state index contributed by atoms with van der Waals surface area (Å²) in [6.45, 7) is 2.20. The van der Waals surface area contributed by atoms with Gasteiger partial charge in [-0.3, -0.25) is 0 Å². The number of para-hydroxylation sites is 1. The quantitative estimate of drug-likeness (QED) is 0.302. The van der Waals surface area contributed by atoms with E-state index < -0.39 is 11.6 Å².